The van der Waals surface area contributed by atoms with Crippen LogP contribution in [-0.2, 0) is 9.59 Å². The van der Waals surface area contributed by atoms with E-state index in [1.165, 1.54) is 0 Å². The van der Waals surface area contributed by atoms with E-state index in [0.717, 1.165) is 38.8 Å². The lowest BCUT2D eigenvalue weighted by atomic mass is 9.95. The number of hydrogen-bond acceptors (Lipinski definition) is 2. The summed E-state index contributed by atoms with van der Waals surface area (Å²) in [7, 11) is 0. The van der Waals surface area contributed by atoms with Gasteiger partial charge in [0.1, 0.15) is 0 Å². The Morgan fingerprint density at radius 1 is 1.24 bits per heavy atom. The second-order valence-corrected chi connectivity index (χ2v) is 4.65. The molecular formula is C13H24N2O2. The molecule has 2 amide bonds. The monoisotopic (exact) mass is 240 g/mol. The highest BCUT2D eigenvalue weighted by Crippen LogP contribution is 2.18. The van der Waals surface area contributed by atoms with E-state index in [-0.39, 0.29) is 17.7 Å². The Bertz CT molecular complexity index is 258. The second kappa shape index (κ2) is 7.30. The summed E-state index contributed by atoms with van der Waals surface area (Å²) in [5, 5.41) is 2.85. The number of likely N-dealkylation sites (tertiary alicyclic amines) is 1. The van der Waals surface area contributed by atoms with E-state index in [4.69, 9.17) is 0 Å². The van der Waals surface area contributed by atoms with E-state index in [0.29, 0.717) is 13.0 Å². The fraction of sp³-hybridized carbons (Fsp3) is 0.846. The number of piperidine rings is 1. The largest absolute Gasteiger partial charge is 0.356 e. The molecule has 4 nitrogen and oxygen atoms in total. The Hall–Kier alpha value is -1.06. The molecule has 0 aromatic heterocycles. The zero-order chi connectivity index (χ0) is 12.7. The van der Waals surface area contributed by atoms with Crippen LogP contribution in [0.1, 0.15) is 46.0 Å². The Kier molecular flexibility index (Phi) is 6.01. The molecule has 0 aliphatic carbocycles. The molecule has 0 unspecified atom stereocenters. The first-order valence-electron chi connectivity index (χ1n) is 6.74. The summed E-state index contributed by atoms with van der Waals surface area (Å²) in [6.07, 6.45) is 4.30. The Morgan fingerprint density at radius 3 is 2.41 bits per heavy atom. The van der Waals surface area contributed by atoms with Gasteiger partial charge in [0, 0.05) is 32.0 Å². The van der Waals surface area contributed by atoms with E-state index in [1.54, 1.807) is 0 Å². The molecule has 0 atom stereocenters. The fourth-order valence-electron chi connectivity index (χ4n) is 2.20. The summed E-state index contributed by atoms with van der Waals surface area (Å²) >= 11 is 0. The maximum Gasteiger partial charge on any atom is 0.223 e. The van der Waals surface area contributed by atoms with Crippen molar-refractivity contribution in [2.24, 2.45) is 5.92 Å². The number of nitrogens with zero attached hydrogens (tertiary/aromatic N) is 1. The molecule has 4 heteroatoms. The molecule has 0 spiro atoms. The minimum Gasteiger partial charge on any atom is -0.356 e. The lowest BCUT2D eigenvalue weighted by Gasteiger charge is -2.31. The van der Waals surface area contributed by atoms with Gasteiger partial charge in [0.15, 0.2) is 0 Å². The smallest absolute Gasteiger partial charge is 0.223 e. The SMILES string of the molecule is CCCCC(=O)N1CCC(C(=O)NCC)CC1. The van der Waals surface area contributed by atoms with Crippen molar-refractivity contribution < 1.29 is 9.59 Å². The second-order valence-electron chi connectivity index (χ2n) is 4.65. The van der Waals surface area contributed by atoms with E-state index in [9.17, 15) is 9.59 Å². The van der Waals surface area contributed by atoms with Gasteiger partial charge in [-0.05, 0) is 26.2 Å². The summed E-state index contributed by atoms with van der Waals surface area (Å²) < 4.78 is 0. The van der Waals surface area contributed by atoms with Gasteiger partial charge >= 0.3 is 0 Å². The van der Waals surface area contributed by atoms with Crippen LogP contribution >= 0.6 is 0 Å². The third-order valence-corrected chi connectivity index (χ3v) is 3.31. The number of nitrogens with one attached hydrogen (secondary N) is 1. The van der Waals surface area contributed by atoms with Gasteiger partial charge in [-0.3, -0.25) is 9.59 Å². The average molecular weight is 240 g/mol. The summed E-state index contributed by atoms with van der Waals surface area (Å²) in [5.74, 6) is 0.500. The van der Waals surface area contributed by atoms with Gasteiger partial charge < -0.3 is 10.2 Å². The molecule has 0 radical (unpaired) electrons. The van der Waals surface area contributed by atoms with Gasteiger partial charge in [-0.15, -0.1) is 0 Å². The van der Waals surface area contributed by atoms with Crippen LogP contribution < -0.4 is 5.32 Å². The molecule has 17 heavy (non-hydrogen) atoms. The molecule has 98 valence electrons. The van der Waals surface area contributed by atoms with Crippen molar-refractivity contribution in [3.05, 3.63) is 0 Å². The van der Waals surface area contributed by atoms with E-state index in [2.05, 4.69) is 12.2 Å². The maximum atomic E-state index is 11.8. The van der Waals surface area contributed by atoms with Crippen LogP contribution in [0, 0.1) is 5.92 Å². The number of unbranched alkanes of at least 4 members (excludes halogenated alkanes) is 1. The van der Waals surface area contributed by atoms with Crippen LogP contribution in [0.5, 0.6) is 0 Å². The van der Waals surface area contributed by atoms with Crippen molar-refractivity contribution >= 4 is 11.8 Å². The van der Waals surface area contributed by atoms with Crippen LogP contribution in [0.15, 0.2) is 0 Å². The molecule has 0 saturated carbocycles. The first kappa shape index (κ1) is 14.0. The predicted octanol–water partition coefficient (Wildman–Crippen LogP) is 1.55. The van der Waals surface area contributed by atoms with Gasteiger partial charge in [-0.1, -0.05) is 13.3 Å². The minimum absolute atomic E-state index is 0.102. The molecule has 1 rings (SSSR count). The fourth-order valence-corrected chi connectivity index (χ4v) is 2.20. The van der Waals surface area contributed by atoms with Crippen LogP contribution in [0.2, 0.25) is 0 Å². The number of amides is 2. The normalized spacial score (nSPS) is 16.9. The molecule has 0 aromatic carbocycles. The third-order valence-electron chi connectivity index (χ3n) is 3.31. The topological polar surface area (TPSA) is 49.4 Å². The number of carbonyl (C=O) groups is 2. The van der Waals surface area contributed by atoms with Gasteiger partial charge in [0.2, 0.25) is 11.8 Å². The van der Waals surface area contributed by atoms with Crippen LogP contribution in [-0.4, -0.2) is 36.3 Å². The number of carbonyl (C=O) groups excluding carboxylic acids is 2. The highest BCUT2D eigenvalue weighted by atomic mass is 16.2. The van der Waals surface area contributed by atoms with Gasteiger partial charge in [0.05, 0.1) is 0 Å². The predicted molar refractivity (Wildman–Crippen MR) is 67.5 cm³/mol. The van der Waals surface area contributed by atoms with Gasteiger partial charge in [-0.25, -0.2) is 0 Å². The van der Waals surface area contributed by atoms with Gasteiger partial charge in [0.25, 0.3) is 0 Å². The summed E-state index contributed by atoms with van der Waals surface area (Å²) in [6, 6.07) is 0. The average Bonchev–Trinajstić information content (AvgIpc) is 2.36. The zero-order valence-electron chi connectivity index (χ0n) is 11.0. The Balaban J connectivity index is 2.30. The maximum absolute atomic E-state index is 11.8. The Morgan fingerprint density at radius 2 is 1.88 bits per heavy atom. The van der Waals surface area contributed by atoms with Crippen LogP contribution in [0.4, 0.5) is 0 Å². The van der Waals surface area contributed by atoms with Crippen LogP contribution in [0.25, 0.3) is 0 Å². The van der Waals surface area contributed by atoms with Crippen LogP contribution in [0.3, 0.4) is 0 Å². The molecule has 0 aromatic rings. The molecule has 0 bridgehead atoms. The molecule has 1 aliphatic rings. The lowest BCUT2D eigenvalue weighted by Crippen LogP contribution is -2.42. The number of rotatable bonds is 5. The molecule has 1 aliphatic heterocycles. The number of hydrogen-bond donors (Lipinski definition) is 1. The zero-order valence-corrected chi connectivity index (χ0v) is 11.0. The molecule has 1 fully saturated rings. The van der Waals surface area contributed by atoms with Crippen molar-refractivity contribution in [3.63, 3.8) is 0 Å². The first-order chi connectivity index (χ1) is 8.19. The van der Waals surface area contributed by atoms with E-state index < -0.39 is 0 Å². The van der Waals surface area contributed by atoms with Gasteiger partial charge in [-0.2, -0.15) is 0 Å². The van der Waals surface area contributed by atoms with Crippen molar-refractivity contribution in [1.29, 1.82) is 0 Å². The molecule has 1 heterocycles. The first-order valence-corrected chi connectivity index (χ1v) is 6.74. The molecule has 1 N–H and O–H groups in total. The molecule has 1 saturated heterocycles. The van der Waals surface area contributed by atoms with Crippen molar-refractivity contribution in [1.82, 2.24) is 10.2 Å². The quantitative estimate of drug-likeness (QED) is 0.792. The summed E-state index contributed by atoms with van der Waals surface area (Å²) in [4.78, 5) is 25.3. The highest BCUT2D eigenvalue weighted by Gasteiger charge is 2.26. The van der Waals surface area contributed by atoms with Crippen molar-refractivity contribution in [3.8, 4) is 0 Å². The minimum atomic E-state index is 0.102. The highest BCUT2D eigenvalue weighted by molar-refractivity contribution is 5.80. The Labute approximate surface area is 104 Å². The summed E-state index contributed by atoms with van der Waals surface area (Å²) in [5.41, 5.74) is 0. The van der Waals surface area contributed by atoms with E-state index in [1.807, 2.05) is 11.8 Å². The standard InChI is InChI=1S/C13H24N2O2/c1-3-5-6-12(16)15-9-7-11(8-10-15)13(17)14-4-2/h11H,3-10H2,1-2H3,(H,14,17). The van der Waals surface area contributed by atoms with Crippen molar-refractivity contribution in [2.75, 3.05) is 19.6 Å². The lowest BCUT2D eigenvalue weighted by molar-refractivity contribution is -0.135. The van der Waals surface area contributed by atoms with E-state index >= 15 is 0 Å². The summed E-state index contributed by atoms with van der Waals surface area (Å²) in [6.45, 7) is 6.19. The third kappa shape index (κ3) is 4.36. The van der Waals surface area contributed by atoms with Crippen molar-refractivity contribution in [2.45, 2.75) is 46.0 Å². The molecular weight excluding hydrogens is 216 g/mol.